The van der Waals surface area contributed by atoms with E-state index in [-0.39, 0.29) is 5.60 Å². The van der Waals surface area contributed by atoms with Gasteiger partial charge in [-0.2, -0.15) is 0 Å². The van der Waals surface area contributed by atoms with Crippen LogP contribution >= 0.6 is 0 Å². The van der Waals surface area contributed by atoms with Crippen LogP contribution in [-0.4, -0.2) is 37.5 Å². The van der Waals surface area contributed by atoms with Crippen LogP contribution in [0.3, 0.4) is 0 Å². The van der Waals surface area contributed by atoms with Gasteiger partial charge in [0.15, 0.2) is 0 Å². The molecule has 6 rings (SSSR count). The average molecular weight is 428 g/mol. The lowest BCUT2D eigenvalue weighted by molar-refractivity contribution is -0.0811. The van der Waals surface area contributed by atoms with E-state index in [1.165, 1.54) is 77.2 Å². The van der Waals surface area contributed by atoms with Crippen LogP contribution in [0.2, 0.25) is 0 Å². The van der Waals surface area contributed by atoms with Crippen molar-refractivity contribution < 1.29 is 9.47 Å². The molecule has 0 bridgehead atoms. The van der Waals surface area contributed by atoms with Crippen molar-refractivity contribution in [2.75, 3.05) is 13.7 Å². The molecule has 2 aliphatic heterocycles. The minimum atomic E-state index is 0.126. The molecule has 4 aliphatic carbocycles. The molecule has 1 N–H and O–H groups in total. The SMILES string of the molecule is CO[C@@H]1CC[C@@]2(C)[C@H](CC[C@H]3[C@@H]4CC[C@]5(CC(C)=C4C[C@@H]32)C[C@@H]2NC[C@@H](C)C[C@H]2O5)C1. The van der Waals surface area contributed by atoms with Gasteiger partial charge in [0.2, 0.25) is 0 Å². The van der Waals surface area contributed by atoms with E-state index in [1.807, 2.05) is 12.7 Å². The maximum atomic E-state index is 6.94. The van der Waals surface area contributed by atoms with Crippen molar-refractivity contribution >= 4 is 0 Å². The van der Waals surface area contributed by atoms with Crippen molar-refractivity contribution in [3.8, 4) is 0 Å². The number of piperidine rings is 1. The third-order valence-corrected chi connectivity index (χ3v) is 11.3. The number of ether oxygens (including phenoxy) is 2. The summed E-state index contributed by atoms with van der Waals surface area (Å²) in [6.07, 6.45) is 15.6. The largest absolute Gasteiger partial charge is 0.381 e. The summed E-state index contributed by atoms with van der Waals surface area (Å²) < 4.78 is 12.7. The third kappa shape index (κ3) is 3.31. The van der Waals surface area contributed by atoms with Crippen molar-refractivity contribution in [3.63, 3.8) is 0 Å². The standard InChI is InChI=1S/C28H45NO2/c1-17-11-26-25(29-16-17)15-28(31-26)10-8-21-22-6-5-19-12-20(30-4)7-9-27(19,3)24(22)13-23(21)18(2)14-28/h17,19-22,24-26,29H,5-16H2,1-4H3/t17-,19+,20+,21-,22-,24-,25-,26+,27-,28-/m0/s1. The van der Waals surface area contributed by atoms with Crippen LogP contribution in [0, 0.1) is 35.0 Å². The van der Waals surface area contributed by atoms with Crippen molar-refractivity contribution in [1.82, 2.24) is 5.32 Å². The molecule has 0 aromatic rings. The van der Waals surface area contributed by atoms with E-state index in [0.717, 1.165) is 29.6 Å². The highest BCUT2D eigenvalue weighted by Gasteiger charge is 2.57. The van der Waals surface area contributed by atoms with Crippen molar-refractivity contribution in [2.24, 2.45) is 35.0 Å². The highest BCUT2D eigenvalue weighted by molar-refractivity contribution is 5.28. The predicted octanol–water partition coefficient (Wildman–Crippen LogP) is 5.88. The van der Waals surface area contributed by atoms with Gasteiger partial charge in [-0.3, -0.25) is 0 Å². The first-order chi connectivity index (χ1) is 14.9. The van der Waals surface area contributed by atoms with E-state index in [0.29, 0.717) is 23.7 Å². The molecule has 3 saturated carbocycles. The van der Waals surface area contributed by atoms with Crippen molar-refractivity contribution in [3.05, 3.63) is 11.1 Å². The van der Waals surface area contributed by atoms with Crippen LogP contribution in [0.5, 0.6) is 0 Å². The minimum absolute atomic E-state index is 0.126. The predicted molar refractivity (Wildman–Crippen MR) is 125 cm³/mol. The van der Waals surface area contributed by atoms with E-state index >= 15 is 0 Å². The summed E-state index contributed by atoms with van der Waals surface area (Å²) in [5.74, 6) is 4.34. The zero-order chi connectivity index (χ0) is 21.4. The van der Waals surface area contributed by atoms with E-state index in [9.17, 15) is 0 Å². The van der Waals surface area contributed by atoms with Crippen LogP contribution in [0.1, 0.15) is 91.4 Å². The second kappa shape index (κ2) is 7.57. The molecule has 0 amide bonds. The van der Waals surface area contributed by atoms with E-state index in [2.05, 4.69) is 26.1 Å². The van der Waals surface area contributed by atoms with Gasteiger partial charge in [-0.1, -0.05) is 25.0 Å². The first-order valence-electron chi connectivity index (χ1n) is 13.5. The van der Waals surface area contributed by atoms with Gasteiger partial charge in [0.1, 0.15) is 0 Å². The molecule has 10 atom stereocenters. The number of fused-ring (bicyclic) bond motifs is 6. The molecule has 0 radical (unpaired) electrons. The second-order valence-electron chi connectivity index (χ2n) is 12.9. The Morgan fingerprint density at radius 1 is 1.10 bits per heavy atom. The van der Waals surface area contributed by atoms with Crippen LogP contribution in [0.4, 0.5) is 0 Å². The molecule has 174 valence electrons. The fraction of sp³-hybridized carbons (Fsp3) is 0.929. The summed E-state index contributed by atoms with van der Waals surface area (Å²) >= 11 is 0. The lowest BCUT2D eigenvalue weighted by Crippen LogP contribution is -2.47. The van der Waals surface area contributed by atoms with E-state index < -0.39 is 0 Å². The Morgan fingerprint density at radius 3 is 2.81 bits per heavy atom. The van der Waals surface area contributed by atoms with Crippen molar-refractivity contribution in [1.29, 1.82) is 0 Å². The van der Waals surface area contributed by atoms with Gasteiger partial charge in [-0.05, 0) is 119 Å². The van der Waals surface area contributed by atoms with E-state index in [1.54, 1.807) is 5.57 Å². The summed E-state index contributed by atoms with van der Waals surface area (Å²) in [5.41, 5.74) is 4.27. The number of rotatable bonds is 1. The van der Waals surface area contributed by atoms with Gasteiger partial charge in [0, 0.05) is 13.2 Å². The topological polar surface area (TPSA) is 30.5 Å². The average Bonchev–Trinajstić information content (AvgIpc) is 3.26. The quantitative estimate of drug-likeness (QED) is 0.530. The molecule has 2 heterocycles. The van der Waals surface area contributed by atoms with Gasteiger partial charge in [-0.25, -0.2) is 0 Å². The number of allylic oxidation sites excluding steroid dienone is 1. The molecule has 0 aromatic carbocycles. The normalized spacial score (nSPS) is 54.2. The lowest BCUT2D eigenvalue weighted by atomic mass is 9.52. The monoisotopic (exact) mass is 427 g/mol. The molecule has 0 aromatic heterocycles. The fourth-order valence-electron chi connectivity index (χ4n) is 9.62. The molecule has 31 heavy (non-hydrogen) atoms. The van der Waals surface area contributed by atoms with Gasteiger partial charge in [0.25, 0.3) is 0 Å². The van der Waals surface area contributed by atoms with Crippen LogP contribution in [0.15, 0.2) is 11.1 Å². The zero-order valence-electron chi connectivity index (χ0n) is 20.4. The van der Waals surface area contributed by atoms with Gasteiger partial charge in [0.05, 0.1) is 17.8 Å². The maximum absolute atomic E-state index is 6.94. The minimum Gasteiger partial charge on any atom is -0.381 e. The summed E-state index contributed by atoms with van der Waals surface area (Å²) in [7, 11) is 1.92. The molecule has 6 aliphatic rings. The first-order valence-corrected chi connectivity index (χ1v) is 13.5. The highest BCUT2D eigenvalue weighted by Crippen LogP contribution is 2.65. The van der Waals surface area contributed by atoms with Gasteiger partial charge >= 0.3 is 0 Å². The zero-order valence-corrected chi connectivity index (χ0v) is 20.4. The Balaban J connectivity index is 1.23. The van der Waals surface area contributed by atoms with Gasteiger partial charge < -0.3 is 14.8 Å². The smallest absolute Gasteiger partial charge is 0.0740 e. The molecule has 3 heteroatoms. The molecule has 5 fully saturated rings. The Labute approximate surface area is 190 Å². The molecular formula is C28H45NO2. The molecule has 3 nitrogen and oxygen atoms in total. The molecular weight excluding hydrogens is 382 g/mol. The summed E-state index contributed by atoms with van der Waals surface area (Å²) in [6, 6.07) is 0.602. The van der Waals surface area contributed by atoms with E-state index in [4.69, 9.17) is 9.47 Å². The Morgan fingerprint density at radius 2 is 1.97 bits per heavy atom. The van der Waals surface area contributed by atoms with Gasteiger partial charge in [-0.15, -0.1) is 0 Å². The second-order valence-corrected chi connectivity index (χ2v) is 12.9. The summed E-state index contributed by atoms with van der Waals surface area (Å²) in [5, 5.41) is 3.83. The molecule has 0 unspecified atom stereocenters. The fourth-order valence-corrected chi connectivity index (χ4v) is 9.62. The lowest BCUT2D eigenvalue weighted by Gasteiger charge is -2.54. The third-order valence-electron chi connectivity index (χ3n) is 11.3. The number of methoxy groups -OCH3 is 1. The van der Waals surface area contributed by atoms with Crippen LogP contribution in [-0.2, 0) is 9.47 Å². The number of nitrogens with one attached hydrogen (secondary N) is 1. The number of hydrogen-bond donors (Lipinski definition) is 1. The summed E-state index contributed by atoms with van der Waals surface area (Å²) in [4.78, 5) is 0. The molecule has 2 saturated heterocycles. The summed E-state index contributed by atoms with van der Waals surface area (Å²) in [6.45, 7) is 8.70. The maximum Gasteiger partial charge on any atom is 0.0740 e. The molecule has 1 spiro atoms. The van der Waals surface area contributed by atoms with Crippen LogP contribution < -0.4 is 5.32 Å². The Hall–Kier alpha value is -0.380. The number of hydrogen-bond acceptors (Lipinski definition) is 3. The first kappa shape index (κ1) is 21.2. The Bertz CT molecular complexity index is 747. The van der Waals surface area contributed by atoms with Crippen molar-refractivity contribution in [2.45, 2.75) is 115 Å². The van der Waals surface area contributed by atoms with Crippen LogP contribution in [0.25, 0.3) is 0 Å². The highest BCUT2D eigenvalue weighted by atomic mass is 16.5. The Kier molecular flexibility index (Phi) is 5.17.